The first-order valence-electron chi connectivity index (χ1n) is 5.61. The van der Waals surface area contributed by atoms with Crippen LogP contribution in [0.5, 0.6) is 0 Å². The van der Waals surface area contributed by atoms with Crippen LogP contribution in [0.1, 0.15) is 24.2 Å². The fraction of sp³-hybridized carbons (Fsp3) is 0.333. The standard InChI is InChI=1S/C12H13N3O3/c1-7(2)5-15-10-9(11(17)14-12(15)18)3-8(6-16)4-13-10/h3-4,6-7H,5H2,1-2H3,(H,14,17,18). The Balaban J connectivity index is 2.82. The minimum absolute atomic E-state index is 0.240. The van der Waals surface area contributed by atoms with E-state index in [1.54, 1.807) is 0 Å². The molecule has 0 aliphatic carbocycles. The van der Waals surface area contributed by atoms with Crippen molar-refractivity contribution in [3.63, 3.8) is 0 Å². The Hall–Kier alpha value is -2.24. The molecule has 0 atom stereocenters. The lowest BCUT2D eigenvalue weighted by molar-refractivity contribution is 0.112. The van der Waals surface area contributed by atoms with Gasteiger partial charge in [0.1, 0.15) is 5.65 Å². The molecule has 0 radical (unpaired) electrons. The Kier molecular flexibility index (Phi) is 3.10. The van der Waals surface area contributed by atoms with Crippen LogP contribution >= 0.6 is 0 Å². The van der Waals surface area contributed by atoms with Gasteiger partial charge in [0, 0.05) is 18.3 Å². The first kappa shape index (κ1) is 12.2. The van der Waals surface area contributed by atoms with Gasteiger partial charge in [-0.25, -0.2) is 9.78 Å². The summed E-state index contributed by atoms with van der Waals surface area (Å²) in [5, 5.41) is 0.250. The van der Waals surface area contributed by atoms with E-state index in [0.29, 0.717) is 24.0 Å². The van der Waals surface area contributed by atoms with Crippen molar-refractivity contribution in [1.82, 2.24) is 14.5 Å². The molecule has 2 aromatic heterocycles. The summed E-state index contributed by atoms with van der Waals surface area (Å²) in [5.41, 5.74) is -0.385. The number of carbonyl (C=O) groups excluding carboxylic acids is 1. The van der Waals surface area contributed by atoms with Gasteiger partial charge in [0.15, 0.2) is 6.29 Å². The number of hydrogen-bond acceptors (Lipinski definition) is 4. The molecule has 0 amide bonds. The Morgan fingerprint density at radius 3 is 2.78 bits per heavy atom. The van der Waals surface area contributed by atoms with Crippen LogP contribution in [0.4, 0.5) is 0 Å². The first-order valence-corrected chi connectivity index (χ1v) is 5.61. The van der Waals surface area contributed by atoms with Crippen LogP contribution in [-0.2, 0) is 6.54 Å². The van der Waals surface area contributed by atoms with Crippen molar-refractivity contribution in [1.29, 1.82) is 0 Å². The maximum absolute atomic E-state index is 11.7. The summed E-state index contributed by atoms with van der Waals surface area (Å²) in [7, 11) is 0. The number of hydrogen-bond donors (Lipinski definition) is 1. The van der Waals surface area contributed by atoms with Gasteiger partial charge in [-0.3, -0.25) is 19.1 Å². The maximum atomic E-state index is 11.7. The lowest BCUT2D eigenvalue weighted by atomic mass is 10.2. The second-order valence-electron chi connectivity index (χ2n) is 4.52. The Morgan fingerprint density at radius 2 is 2.17 bits per heavy atom. The van der Waals surface area contributed by atoms with Gasteiger partial charge in [-0.15, -0.1) is 0 Å². The number of fused-ring (bicyclic) bond motifs is 1. The summed E-state index contributed by atoms with van der Waals surface area (Å²) < 4.78 is 1.41. The zero-order valence-electron chi connectivity index (χ0n) is 10.1. The largest absolute Gasteiger partial charge is 0.330 e. The van der Waals surface area contributed by atoms with Crippen molar-refractivity contribution < 1.29 is 4.79 Å². The summed E-state index contributed by atoms with van der Waals surface area (Å²) in [6.45, 7) is 4.38. The summed E-state index contributed by atoms with van der Waals surface area (Å²) in [4.78, 5) is 40.4. The van der Waals surface area contributed by atoms with E-state index in [2.05, 4.69) is 9.97 Å². The van der Waals surface area contributed by atoms with Crippen LogP contribution in [0, 0.1) is 5.92 Å². The van der Waals surface area contributed by atoms with Gasteiger partial charge in [0.2, 0.25) is 0 Å². The molecule has 6 heteroatoms. The number of aldehydes is 1. The monoisotopic (exact) mass is 247 g/mol. The lowest BCUT2D eigenvalue weighted by Crippen LogP contribution is -2.32. The molecule has 2 aromatic rings. The molecular formula is C12H13N3O3. The molecule has 0 aromatic carbocycles. The van der Waals surface area contributed by atoms with Crippen LogP contribution < -0.4 is 11.2 Å². The van der Waals surface area contributed by atoms with E-state index < -0.39 is 11.2 Å². The second-order valence-corrected chi connectivity index (χ2v) is 4.52. The Morgan fingerprint density at radius 1 is 1.44 bits per heavy atom. The van der Waals surface area contributed by atoms with Crippen LogP contribution in [0.2, 0.25) is 0 Å². The fourth-order valence-electron chi connectivity index (χ4n) is 1.78. The number of nitrogens with one attached hydrogen (secondary N) is 1. The first-order chi connectivity index (χ1) is 8.52. The van der Waals surface area contributed by atoms with E-state index in [4.69, 9.17) is 0 Å². The molecule has 0 fully saturated rings. The number of pyridine rings is 1. The number of carbonyl (C=O) groups is 1. The highest BCUT2D eigenvalue weighted by Gasteiger charge is 2.10. The number of aromatic amines is 1. The summed E-state index contributed by atoms with van der Waals surface area (Å²) in [6.07, 6.45) is 1.97. The van der Waals surface area contributed by atoms with Crippen molar-refractivity contribution in [2.24, 2.45) is 5.92 Å². The lowest BCUT2D eigenvalue weighted by Gasteiger charge is -2.10. The Labute approximate surface area is 102 Å². The van der Waals surface area contributed by atoms with E-state index >= 15 is 0 Å². The van der Waals surface area contributed by atoms with E-state index in [1.165, 1.54) is 16.8 Å². The van der Waals surface area contributed by atoms with Crippen molar-refractivity contribution in [2.45, 2.75) is 20.4 Å². The van der Waals surface area contributed by atoms with Gasteiger partial charge in [-0.2, -0.15) is 0 Å². The third-order valence-electron chi connectivity index (χ3n) is 2.54. The average molecular weight is 247 g/mol. The summed E-state index contributed by atoms with van der Waals surface area (Å²) >= 11 is 0. The molecule has 0 spiro atoms. The third kappa shape index (κ3) is 2.09. The van der Waals surface area contributed by atoms with Gasteiger partial charge in [0.25, 0.3) is 5.56 Å². The molecule has 1 N–H and O–H groups in total. The predicted octanol–water partition coefficient (Wildman–Crippen LogP) is 0.553. The van der Waals surface area contributed by atoms with Crippen molar-refractivity contribution >= 4 is 17.3 Å². The normalized spacial score (nSPS) is 11.1. The smallest absolute Gasteiger partial charge is 0.298 e. The predicted molar refractivity (Wildman–Crippen MR) is 66.8 cm³/mol. The van der Waals surface area contributed by atoms with Gasteiger partial charge in [-0.05, 0) is 12.0 Å². The molecular weight excluding hydrogens is 234 g/mol. The molecule has 0 saturated heterocycles. The SMILES string of the molecule is CC(C)Cn1c(=O)[nH]c(=O)c2cc(C=O)cnc21. The van der Waals surface area contributed by atoms with Crippen molar-refractivity contribution in [3.8, 4) is 0 Å². The highest BCUT2D eigenvalue weighted by molar-refractivity contribution is 5.83. The van der Waals surface area contributed by atoms with Crippen LogP contribution in [0.3, 0.4) is 0 Å². The average Bonchev–Trinajstić information content (AvgIpc) is 2.33. The zero-order chi connectivity index (χ0) is 13.3. The Bertz CT molecular complexity index is 713. The minimum atomic E-state index is -0.522. The molecule has 0 aliphatic rings. The summed E-state index contributed by atoms with van der Waals surface area (Å²) in [6, 6.07) is 1.43. The molecule has 0 saturated carbocycles. The molecule has 0 aliphatic heterocycles. The van der Waals surface area contributed by atoms with Gasteiger partial charge in [0.05, 0.1) is 5.39 Å². The minimum Gasteiger partial charge on any atom is -0.298 e. The molecule has 18 heavy (non-hydrogen) atoms. The van der Waals surface area contributed by atoms with Crippen molar-refractivity contribution in [3.05, 3.63) is 38.7 Å². The fourth-order valence-corrected chi connectivity index (χ4v) is 1.78. The second kappa shape index (κ2) is 4.56. The van der Waals surface area contributed by atoms with E-state index in [9.17, 15) is 14.4 Å². The van der Waals surface area contributed by atoms with E-state index in [-0.39, 0.29) is 11.3 Å². The maximum Gasteiger partial charge on any atom is 0.330 e. The number of rotatable bonds is 3. The zero-order valence-corrected chi connectivity index (χ0v) is 10.1. The van der Waals surface area contributed by atoms with E-state index in [1.807, 2.05) is 13.8 Å². The third-order valence-corrected chi connectivity index (χ3v) is 2.54. The van der Waals surface area contributed by atoms with Crippen molar-refractivity contribution in [2.75, 3.05) is 0 Å². The molecule has 6 nitrogen and oxygen atoms in total. The number of H-pyrrole nitrogens is 1. The summed E-state index contributed by atoms with van der Waals surface area (Å²) in [5.74, 6) is 0.240. The molecule has 2 rings (SSSR count). The highest BCUT2D eigenvalue weighted by atomic mass is 16.2. The van der Waals surface area contributed by atoms with Crippen LogP contribution in [-0.4, -0.2) is 20.8 Å². The van der Waals surface area contributed by atoms with Gasteiger partial charge < -0.3 is 0 Å². The van der Waals surface area contributed by atoms with Gasteiger partial charge >= 0.3 is 5.69 Å². The topological polar surface area (TPSA) is 84.8 Å². The molecule has 94 valence electrons. The highest BCUT2D eigenvalue weighted by Crippen LogP contribution is 2.08. The number of nitrogens with zero attached hydrogens (tertiary/aromatic N) is 2. The molecule has 0 unspecified atom stereocenters. The van der Waals surface area contributed by atoms with Crippen LogP contribution in [0.15, 0.2) is 21.9 Å². The van der Waals surface area contributed by atoms with E-state index in [0.717, 1.165) is 0 Å². The molecule has 0 bridgehead atoms. The van der Waals surface area contributed by atoms with Gasteiger partial charge in [-0.1, -0.05) is 13.8 Å². The van der Waals surface area contributed by atoms with Crippen LogP contribution in [0.25, 0.3) is 11.0 Å². The number of aromatic nitrogens is 3. The quantitative estimate of drug-likeness (QED) is 0.803. The molecule has 2 heterocycles.